The largest absolute Gasteiger partial charge is 0.448 e. The molecule has 2 aromatic heterocycles. The molecule has 2 heterocycles. The molecule has 0 spiro atoms. The second kappa shape index (κ2) is 8.40. The summed E-state index contributed by atoms with van der Waals surface area (Å²) in [5.74, 6) is -0.0893. The first kappa shape index (κ1) is 20.2. The molecular weight excluding hydrogens is 434 g/mol. The van der Waals surface area contributed by atoms with Crippen molar-refractivity contribution in [2.75, 3.05) is 11.1 Å². The summed E-state index contributed by atoms with van der Waals surface area (Å²) >= 11 is 7.40. The predicted octanol–water partition coefficient (Wildman–Crippen LogP) is 5.64. The van der Waals surface area contributed by atoms with Crippen LogP contribution in [0.5, 0.6) is 0 Å². The first-order valence-electron chi connectivity index (χ1n) is 10.2. The van der Waals surface area contributed by atoms with Crippen molar-refractivity contribution in [3.8, 4) is 0 Å². The number of anilines is 1. The Morgan fingerprint density at radius 1 is 1.16 bits per heavy atom. The van der Waals surface area contributed by atoms with Gasteiger partial charge in [0.15, 0.2) is 5.16 Å². The molecular formula is C23H20ClN3O3S. The van der Waals surface area contributed by atoms with Crippen molar-refractivity contribution < 1.29 is 9.21 Å². The number of halogens is 1. The first-order valence-corrected chi connectivity index (χ1v) is 11.6. The van der Waals surface area contributed by atoms with Crippen LogP contribution in [0.1, 0.15) is 31.7 Å². The average molecular weight is 454 g/mol. The Hall–Kier alpha value is -2.77. The van der Waals surface area contributed by atoms with E-state index >= 15 is 0 Å². The number of rotatable bonds is 5. The third kappa shape index (κ3) is 3.83. The fourth-order valence-corrected chi connectivity index (χ4v) is 5.14. The van der Waals surface area contributed by atoms with Gasteiger partial charge in [0.2, 0.25) is 11.5 Å². The van der Waals surface area contributed by atoms with Gasteiger partial charge in [-0.3, -0.25) is 14.2 Å². The van der Waals surface area contributed by atoms with Gasteiger partial charge in [-0.05, 0) is 37.1 Å². The summed E-state index contributed by atoms with van der Waals surface area (Å²) in [7, 11) is 0. The van der Waals surface area contributed by atoms with Crippen LogP contribution in [-0.4, -0.2) is 21.2 Å². The number of hydrogen-bond acceptors (Lipinski definition) is 5. The van der Waals surface area contributed by atoms with E-state index in [0.29, 0.717) is 27.0 Å². The van der Waals surface area contributed by atoms with Gasteiger partial charge < -0.3 is 9.73 Å². The summed E-state index contributed by atoms with van der Waals surface area (Å²) in [6, 6.07) is 14.7. The number of fused-ring (bicyclic) bond motifs is 3. The summed E-state index contributed by atoms with van der Waals surface area (Å²) in [5, 5.41) is 4.65. The van der Waals surface area contributed by atoms with Crippen LogP contribution in [0.3, 0.4) is 0 Å². The number of aromatic nitrogens is 2. The highest BCUT2D eigenvalue weighted by molar-refractivity contribution is 7.99. The number of carbonyl (C=O) groups is 1. The molecule has 1 aliphatic rings. The molecule has 0 aliphatic heterocycles. The Balaban J connectivity index is 1.51. The Labute approximate surface area is 187 Å². The van der Waals surface area contributed by atoms with Crippen molar-refractivity contribution in [3.63, 3.8) is 0 Å². The molecule has 0 unspecified atom stereocenters. The molecule has 1 amide bonds. The standard InChI is InChI=1S/C23H20ClN3O3S/c24-16-10-4-5-11-17(16)25-19(28)13-31-23-26-20-15-9-3-6-12-18(15)30-21(20)22(29)27(23)14-7-1-2-8-14/h3-6,9-12,14H,1-2,7-8,13H2,(H,25,28). The maximum atomic E-state index is 13.4. The Bertz CT molecular complexity index is 1340. The van der Waals surface area contributed by atoms with E-state index < -0.39 is 0 Å². The third-order valence-electron chi connectivity index (χ3n) is 5.57. The van der Waals surface area contributed by atoms with Gasteiger partial charge >= 0.3 is 0 Å². The molecule has 0 bridgehead atoms. The maximum absolute atomic E-state index is 13.4. The highest BCUT2D eigenvalue weighted by atomic mass is 35.5. The van der Waals surface area contributed by atoms with E-state index in [1.165, 1.54) is 11.8 Å². The van der Waals surface area contributed by atoms with Crippen LogP contribution in [-0.2, 0) is 4.79 Å². The summed E-state index contributed by atoms with van der Waals surface area (Å²) in [5.41, 5.74) is 1.84. The molecule has 6 nitrogen and oxygen atoms in total. The van der Waals surface area contributed by atoms with E-state index in [9.17, 15) is 9.59 Å². The lowest BCUT2D eigenvalue weighted by atomic mass is 10.2. The molecule has 0 atom stereocenters. The second-order valence-corrected chi connectivity index (χ2v) is 8.95. The van der Waals surface area contributed by atoms with Crippen molar-refractivity contribution in [2.45, 2.75) is 36.9 Å². The van der Waals surface area contributed by atoms with E-state index in [1.807, 2.05) is 30.3 Å². The van der Waals surface area contributed by atoms with Gasteiger partial charge in [0.05, 0.1) is 16.5 Å². The minimum absolute atomic E-state index is 0.0757. The van der Waals surface area contributed by atoms with E-state index in [4.69, 9.17) is 21.0 Å². The van der Waals surface area contributed by atoms with Gasteiger partial charge in [0.1, 0.15) is 11.1 Å². The van der Waals surface area contributed by atoms with Crippen molar-refractivity contribution >= 4 is 57.0 Å². The number of thioether (sulfide) groups is 1. The van der Waals surface area contributed by atoms with E-state index in [1.54, 1.807) is 22.8 Å². The Morgan fingerprint density at radius 2 is 1.90 bits per heavy atom. The summed E-state index contributed by atoms with van der Waals surface area (Å²) < 4.78 is 7.58. The quantitative estimate of drug-likeness (QED) is 0.312. The number of amides is 1. The molecule has 5 rings (SSSR count). The lowest BCUT2D eigenvalue weighted by Crippen LogP contribution is -2.26. The van der Waals surface area contributed by atoms with Gasteiger partial charge in [0.25, 0.3) is 5.56 Å². The molecule has 0 saturated heterocycles. The molecule has 1 aliphatic carbocycles. The molecule has 4 aromatic rings. The molecule has 8 heteroatoms. The highest BCUT2D eigenvalue weighted by Crippen LogP contribution is 2.34. The van der Waals surface area contributed by atoms with Crippen molar-refractivity contribution in [3.05, 3.63) is 63.9 Å². The second-order valence-electron chi connectivity index (χ2n) is 7.60. The zero-order chi connectivity index (χ0) is 21.4. The third-order valence-corrected chi connectivity index (χ3v) is 6.85. The smallest absolute Gasteiger partial charge is 0.298 e. The van der Waals surface area contributed by atoms with E-state index in [0.717, 1.165) is 31.1 Å². The number of furan rings is 1. The van der Waals surface area contributed by atoms with Crippen LogP contribution in [0.4, 0.5) is 5.69 Å². The van der Waals surface area contributed by atoms with Crippen LogP contribution in [0.25, 0.3) is 22.1 Å². The SMILES string of the molecule is O=C(CSc1nc2c(oc3ccccc32)c(=O)n1C1CCCC1)Nc1ccccc1Cl. The van der Waals surface area contributed by atoms with Crippen LogP contribution < -0.4 is 10.9 Å². The molecule has 31 heavy (non-hydrogen) atoms. The number of carbonyl (C=O) groups excluding carboxylic acids is 1. The fourth-order valence-electron chi connectivity index (χ4n) is 4.10. The van der Waals surface area contributed by atoms with Crippen molar-refractivity contribution in [2.24, 2.45) is 0 Å². The number of nitrogens with zero attached hydrogens (tertiary/aromatic N) is 2. The normalized spacial score (nSPS) is 14.5. The van der Waals surface area contributed by atoms with Crippen LogP contribution in [0.2, 0.25) is 5.02 Å². The predicted molar refractivity (Wildman–Crippen MR) is 124 cm³/mol. The fraction of sp³-hybridized carbons (Fsp3) is 0.261. The summed E-state index contributed by atoms with van der Waals surface area (Å²) in [4.78, 5) is 30.7. The molecule has 158 valence electrons. The number of para-hydroxylation sites is 2. The number of nitrogens with one attached hydrogen (secondary N) is 1. The lowest BCUT2D eigenvalue weighted by molar-refractivity contribution is -0.113. The topological polar surface area (TPSA) is 77.1 Å². The minimum Gasteiger partial charge on any atom is -0.448 e. The van der Waals surface area contributed by atoms with Gasteiger partial charge in [0, 0.05) is 11.4 Å². The van der Waals surface area contributed by atoms with Crippen LogP contribution in [0, 0.1) is 0 Å². The molecule has 1 N–H and O–H groups in total. The molecule has 1 saturated carbocycles. The van der Waals surface area contributed by atoms with Gasteiger partial charge in [-0.25, -0.2) is 4.98 Å². The van der Waals surface area contributed by atoms with Crippen LogP contribution >= 0.6 is 23.4 Å². The minimum atomic E-state index is -0.206. The van der Waals surface area contributed by atoms with Gasteiger partial charge in [-0.2, -0.15) is 0 Å². The Kier molecular flexibility index (Phi) is 5.46. The van der Waals surface area contributed by atoms with Gasteiger partial charge in [-0.1, -0.05) is 60.5 Å². The highest BCUT2D eigenvalue weighted by Gasteiger charge is 2.25. The maximum Gasteiger partial charge on any atom is 0.298 e. The van der Waals surface area contributed by atoms with Gasteiger partial charge in [-0.15, -0.1) is 0 Å². The molecule has 0 radical (unpaired) electrons. The summed E-state index contributed by atoms with van der Waals surface area (Å²) in [6.07, 6.45) is 4.00. The number of hydrogen-bond donors (Lipinski definition) is 1. The van der Waals surface area contributed by atoms with E-state index in [2.05, 4.69) is 5.32 Å². The Morgan fingerprint density at radius 3 is 2.71 bits per heavy atom. The molecule has 2 aromatic carbocycles. The average Bonchev–Trinajstić information content (AvgIpc) is 3.42. The lowest BCUT2D eigenvalue weighted by Gasteiger charge is -2.17. The zero-order valence-corrected chi connectivity index (χ0v) is 18.2. The van der Waals surface area contributed by atoms with E-state index in [-0.39, 0.29) is 28.8 Å². The van der Waals surface area contributed by atoms with Crippen molar-refractivity contribution in [1.29, 1.82) is 0 Å². The van der Waals surface area contributed by atoms with Crippen LogP contribution in [0.15, 0.2) is 62.9 Å². The summed E-state index contributed by atoms with van der Waals surface area (Å²) in [6.45, 7) is 0. The number of benzene rings is 2. The zero-order valence-electron chi connectivity index (χ0n) is 16.6. The molecule has 1 fully saturated rings. The monoisotopic (exact) mass is 453 g/mol. The first-order chi connectivity index (χ1) is 15.1. The van der Waals surface area contributed by atoms with Crippen molar-refractivity contribution in [1.82, 2.24) is 9.55 Å².